The van der Waals surface area contributed by atoms with Gasteiger partial charge in [0.2, 0.25) is 0 Å². The second kappa shape index (κ2) is 6.53. The largest absolute Gasteiger partial charge is 0.370 e. The molecule has 2 atom stereocenters. The van der Waals surface area contributed by atoms with Crippen molar-refractivity contribution in [1.82, 2.24) is 9.55 Å². The van der Waals surface area contributed by atoms with E-state index in [2.05, 4.69) is 23.4 Å². The maximum absolute atomic E-state index is 12.7. The number of aryl methyl sites for hydroxylation is 1. The number of Topliss-reactive ketones (excluding diaryl/α,β-unsaturated/α-hetero) is 1. The summed E-state index contributed by atoms with van der Waals surface area (Å²) < 4.78 is 7.75. The molecule has 0 aliphatic heterocycles. The van der Waals surface area contributed by atoms with E-state index in [0.29, 0.717) is 12.3 Å². The molecule has 0 saturated heterocycles. The van der Waals surface area contributed by atoms with Crippen LogP contribution in [0.3, 0.4) is 0 Å². The van der Waals surface area contributed by atoms with Crippen LogP contribution in [0.5, 0.6) is 0 Å². The van der Waals surface area contributed by atoms with Crippen molar-refractivity contribution in [2.24, 2.45) is 5.92 Å². The number of imidazole rings is 1. The lowest BCUT2D eigenvalue weighted by atomic mass is 9.75. The summed E-state index contributed by atoms with van der Waals surface area (Å²) >= 11 is 0. The van der Waals surface area contributed by atoms with Gasteiger partial charge >= 0.3 is 0 Å². The molecule has 1 aliphatic carbocycles. The number of carbonyl (C=O) groups excluding carboxylic acids is 1. The van der Waals surface area contributed by atoms with Gasteiger partial charge in [0.15, 0.2) is 5.78 Å². The van der Waals surface area contributed by atoms with Gasteiger partial charge in [-0.25, -0.2) is 4.98 Å². The van der Waals surface area contributed by atoms with Crippen LogP contribution in [-0.4, -0.2) is 28.0 Å². The maximum Gasteiger partial charge on any atom is 0.172 e. The molecule has 0 N–H and O–H groups in total. The Morgan fingerprint density at radius 3 is 3.05 bits per heavy atom. The van der Waals surface area contributed by atoms with E-state index in [1.807, 2.05) is 6.20 Å². The molecule has 1 fully saturated rings. The Morgan fingerprint density at radius 1 is 1.60 bits per heavy atom. The van der Waals surface area contributed by atoms with Gasteiger partial charge in [0.25, 0.3) is 0 Å². The number of nitrogens with zero attached hydrogens (tertiary/aromatic N) is 2. The van der Waals surface area contributed by atoms with Crippen LogP contribution in [0.4, 0.5) is 0 Å². The summed E-state index contributed by atoms with van der Waals surface area (Å²) in [5.74, 6) is 1.62. The van der Waals surface area contributed by atoms with Crippen molar-refractivity contribution < 1.29 is 9.53 Å². The fraction of sp³-hybridized carbons (Fsp3) is 0.750. The third kappa shape index (κ3) is 3.11. The van der Waals surface area contributed by atoms with Crippen molar-refractivity contribution >= 4 is 5.78 Å². The summed E-state index contributed by atoms with van der Waals surface area (Å²) in [5.41, 5.74) is -0.583. The highest BCUT2D eigenvalue weighted by atomic mass is 16.5. The summed E-state index contributed by atoms with van der Waals surface area (Å²) in [5, 5.41) is 0. The number of ketones is 1. The molecular weight excluding hydrogens is 252 g/mol. The number of hydrogen-bond donors (Lipinski definition) is 0. The number of hydrogen-bond acceptors (Lipinski definition) is 3. The van der Waals surface area contributed by atoms with Crippen molar-refractivity contribution in [1.29, 1.82) is 0 Å². The van der Waals surface area contributed by atoms with Crippen LogP contribution in [0.25, 0.3) is 0 Å². The lowest BCUT2D eigenvalue weighted by molar-refractivity contribution is -0.146. The van der Waals surface area contributed by atoms with Crippen molar-refractivity contribution in [3.05, 3.63) is 18.2 Å². The Bertz CT molecular complexity index is 455. The first kappa shape index (κ1) is 15.2. The Kier molecular flexibility index (Phi) is 4.97. The van der Waals surface area contributed by atoms with Gasteiger partial charge in [-0.05, 0) is 31.6 Å². The van der Waals surface area contributed by atoms with Crippen LogP contribution in [0.15, 0.2) is 12.4 Å². The zero-order valence-electron chi connectivity index (χ0n) is 12.9. The zero-order chi connectivity index (χ0) is 14.6. The molecule has 0 bridgehead atoms. The zero-order valence-corrected chi connectivity index (χ0v) is 12.9. The SMILES string of the molecule is CCCn1ccnc1CC(=O)C1(OC)CCCC(C)C1. The fourth-order valence-electron chi connectivity index (χ4n) is 3.31. The van der Waals surface area contributed by atoms with Gasteiger partial charge in [-0.1, -0.05) is 20.3 Å². The molecule has 1 aromatic heterocycles. The summed E-state index contributed by atoms with van der Waals surface area (Å²) in [6.07, 6.45) is 9.12. The van der Waals surface area contributed by atoms with Crippen LogP contribution < -0.4 is 0 Å². The number of ether oxygens (including phenoxy) is 1. The lowest BCUT2D eigenvalue weighted by Crippen LogP contribution is -2.45. The molecule has 112 valence electrons. The van der Waals surface area contributed by atoms with E-state index in [1.54, 1.807) is 13.3 Å². The van der Waals surface area contributed by atoms with Crippen LogP contribution in [0.2, 0.25) is 0 Å². The highest BCUT2D eigenvalue weighted by Crippen LogP contribution is 2.36. The van der Waals surface area contributed by atoms with Crippen LogP contribution in [0.1, 0.15) is 51.8 Å². The Balaban J connectivity index is 2.11. The Hall–Kier alpha value is -1.16. The molecule has 1 aromatic rings. The van der Waals surface area contributed by atoms with Crippen molar-refractivity contribution in [3.63, 3.8) is 0 Å². The normalized spacial score (nSPS) is 26.6. The smallest absolute Gasteiger partial charge is 0.172 e. The second-order valence-corrected chi connectivity index (χ2v) is 6.04. The molecule has 1 saturated carbocycles. The molecule has 20 heavy (non-hydrogen) atoms. The number of methoxy groups -OCH3 is 1. The van der Waals surface area contributed by atoms with E-state index in [0.717, 1.165) is 38.1 Å². The minimum absolute atomic E-state index is 0.190. The standard InChI is InChI=1S/C16H26N2O2/c1-4-9-18-10-8-17-15(18)11-14(19)16(20-3)7-5-6-13(2)12-16/h8,10,13H,4-7,9,11-12H2,1-3H3. The first-order chi connectivity index (χ1) is 9.61. The Labute approximate surface area is 121 Å². The summed E-state index contributed by atoms with van der Waals surface area (Å²) in [7, 11) is 1.68. The lowest BCUT2D eigenvalue weighted by Gasteiger charge is -2.37. The van der Waals surface area contributed by atoms with Crippen molar-refractivity contribution in [2.45, 2.75) is 64.5 Å². The van der Waals surface area contributed by atoms with Crippen LogP contribution in [-0.2, 0) is 22.5 Å². The van der Waals surface area contributed by atoms with Gasteiger partial charge in [0.05, 0.1) is 6.42 Å². The van der Waals surface area contributed by atoms with E-state index in [9.17, 15) is 4.79 Å². The molecule has 1 aliphatic rings. The third-order valence-corrected chi connectivity index (χ3v) is 4.44. The molecule has 4 heteroatoms. The number of rotatable bonds is 6. The maximum atomic E-state index is 12.7. The topological polar surface area (TPSA) is 44.1 Å². The van der Waals surface area contributed by atoms with Gasteiger partial charge in [-0.2, -0.15) is 0 Å². The molecule has 2 unspecified atom stereocenters. The minimum atomic E-state index is -0.583. The van der Waals surface area contributed by atoms with Gasteiger partial charge in [0.1, 0.15) is 11.4 Å². The predicted molar refractivity (Wildman–Crippen MR) is 78.6 cm³/mol. The molecule has 0 amide bonds. The van der Waals surface area contributed by atoms with Crippen LogP contribution >= 0.6 is 0 Å². The second-order valence-electron chi connectivity index (χ2n) is 6.04. The summed E-state index contributed by atoms with van der Waals surface area (Å²) in [6.45, 7) is 5.25. The van der Waals surface area contributed by atoms with E-state index in [4.69, 9.17) is 4.74 Å². The summed E-state index contributed by atoms with van der Waals surface area (Å²) in [6, 6.07) is 0. The number of carbonyl (C=O) groups is 1. The molecule has 0 aromatic carbocycles. The van der Waals surface area contributed by atoms with Crippen molar-refractivity contribution in [2.75, 3.05) is 7.11 Å². The predicted octanol–water partition coefficient (Wildman–Crippen LogP) is 3.00. The quantitative estimate of drug-likeness (QED) is 0.803. The molecule has 0 radical (unpaired) electrons. The van der Waals surface area contributed by atoms with Crippen LogP contribution in [0, 0.1) is 5.92 Å². The number of aromatic nitrogens is 2. The van der Waals surface area contributed by atoms with Gasteiger partial charge in [-0.15, -0.1) is 0 Å². The van der Waals surface area contributed by atoms with Gasteiger partial charge in [-0.3, -0.25) is 4.79 Å². The monoisotopic (exact) mass is 278 g/mol. The van der Waals surface area contributed by atoms with Gasteiger partial charge in [0, 0.05) is 26.0 Å². The molecule has 0 spiro atoms. The minimum Gasteiger partial charge on any atom is -0.370 e. The van der Waals surface area contributed by atoms with E-state index < -0.39 is 5.60 Å². The molecule has 1 heterocycles. The first-order valence-corrected chi connectivity index (χ1v) is 7.69. The average Bonchev–Trinajstić information content (AvgIpc) is 2.86. The summed E-state index contributed by atoms with van der Waals surface area (Å²) in [4.78, 5) is 17.1. The fourth-order valence-corrected chi connectivity index (χ4v) is 3.31. The van der Waals surface area contributed by atoms with E-state index in [1.165, 1.54) is 6.42 Å². The highest BCUT2D eigenvalue weighted by Gasteiger charge is 2.41. The third-order valence-electron chi connectivity index (χ3n) is 4.44. The first-order valence-electron chi connectivity index (χ1n) is 7.69. The van der Waals surface area contributed by atoms with Crippen molar-refractivity contribution in [3.8, 4) is 0 Å². The molecule has 2 rings (SSSR count). The highest BCUT2D eigenvalue weighted by molar-refractivity contribution is 5.88. The van der Waals surface area contributed by atoms with E-state index >= 15 is 0 Å². The molecular formula is C16H26N2O2. The Morgan fingerprint density at radius 2 is 2.40 bits per heavy atom. The molecule has 4 nitrogen and oxygen atoms in total. The van der Waals surface area contributed by atoms with Gasteiger partial charge < -0.3 is 9.30 Å². The average molecular weight is 278 g/mol. The van der Waals surface area contributed by atoms with E-state index in [-0.39, 0.29) is 5.78 Å².